The Labute approximate surface area is 128 Å². The minimum Gasteiger partial charge on any atom is -0.507 e. The van der Waals surface area contributed by atoms with Gasteiger partial charge in [-0.25, -0.2) is 4.79 Å². The lowest BCUT2D eigenvalue weighted by molar-refractivity contribution is -0.138. The van der Waals surface area contributed by atoms with Gasteiger partial charge in [-0.2, -0.15) is 0 Å². The molecule has 0 spiro atoms. The van der Waals surface area contributed by atoms with Crippen molar-refractivity contribution in [3.05, 3.63) is 65.7 Å². The summed E-state index contributed by atoms with van der Waals surface area (Å²) in [5, 5.41) is 9.72. The van der Waals surface area contributed by atoms with Crippen molar-refractivity contribution in [3.8, 4) is 5.75 Å². The molecule has 1 amide bonds. The smallest absolute Gasteiger partial charge is 0.343 e. The van der Waals surface area contributed by atoms with Crippen molar-refractivity contribution in [2.24, 2.45) is 0 Å². The Kier molecular flexibility index (Phi) is 4.78. The van der Waals surface area contributed by atoms with Crippen LogP contribution in [0.5, 0.6) is 5.75 Å². The minimum absolute atomic E-state index is 0.0231. The van der Waals surface area contributed by atoms with E-state index in [1.807, 2.05) is 6.07 Å². The van der Waals surface area contributed by atoms with Gasteiger partial charge in [0.15, 0.2) is 0 Å². The SMILES string of the molecule is CN(C)C(=O)[C@H](OC(=O)c1ccccc1O)c1ccccc1. The van der Waals surface area contributed by atoms with Crippen LogP contribution in [-0.4, -0.2) is 36.0 Å². The summed E-state index contributed by atoms with van der Waals surface area (Å²) < 4.78 is 5.34. The van der Waals surface area contributed by atoms with Crippen LogP contribution in [0, 0.1) is 0 Å². The van der Waals surface area contributed by atoms with Crippen LogP contribution in [-0.2, 0) is 9.53 Å². The number of ether oxygens (including phenoxy) is 1. The summed E-state index contributed by atoms with van der Waals surface area (Å²) in [5.74, 6) is -1.28. The number of nitrogens with zero attached hydrogens (tertiary/aromatic N) is 1. The van der Waals surface area contributed by atoms with Gasteiger partial charge in [-0.1, -0.05) is 42.5 Å². The van der Waals surface area contributed by atoms with Gasteiger partial charge in [-0.15, -0.1) is 0 Å². The highest BCUT2D eigenvalue weighted by Crippen LogP contribution is 2.24. The number of carbonyl (C=O) groups is 2. The van der Waals surface area contributed by atoms with E-state index < -0.39 is 12.1 Å². The Hall–Kier alpha value is -2.82. The number of para-hydroxylation sites is 1. The van der Waals surface area contributed by atoms with Crippen LogP contribution >= 0.6 is 0 Å². The van der Waals surface area contributed by atoms with Gasteiger partial charge < -0.3 is 14.7 Å². The third-order valence-corrected chi connectivity index (χ3v) is 3.12. The van der Waals surface area contributed by atoms with E-state index in [0.29, 0.717) is 5.56 Å². The lowest BCUT2D eigenvalue weighted by atomic mass is 10.1. The number of carbonyl (C=O) groups excluding carboxylic acids is 2. The summed E-state index contributed by atoms with van der Waals surface area (Å²) in [5.41, 5.74) is 0.597. The summed E-state index contributed by atoms with van der Waals surface area (Å²) in [6, 6.07) is 14.8. The Balaban J connectivity index is 2.29. The molecule has 0 aliphatic heterocycles. The van der Waals surface area contributed by atoms with Gasteiger partial charge in [-0.3, -0.25) is 4.79 Å². The summed E-state index contributed by atoms with van der Waals surface area (Å²) in [7, 11) is 3.18. The molecule has 114 valence electrons. The lowest BCUT2D eigenvalue weighted by Crippen LogP contribution is -2.31. The largest absolute Gasteiger partial charge is 0.507 e. The number of aromatic hydroxyl groups is 1. The molecule has 0 saturated carbocycles. The lowest BCUT2D eigenvalue weighted by Gasteiger charge is -2.21. The van der Waals surface area contributed by atoms with E-state index in [4.69, 9.17) is 4.74 Å². The highest BCUT2D eigenvalue weighted by molar-refractivity contribution is 5.94. The number of likely N-dealkylation sites (N-methyl/N-ethyl adjacent to an activating group) is 1. The Morgan fingerprint density at radius 2 is 1.59 bits per heavy atom. The van der Waals surface area contributed by atoms with Crippen molar-refractivity contribution >= 4 is 11.9 Å². The molecule has 0 bridgehead atoms. The van der Waals surface area contributed by atoms with Crippen molar-refractivity contribution in [1.82, 2.24) is 4.90 Å². The monoisotopic (exact) mass is 299 g/mol. The van der Waals surface area contributed by atoms with Crippen LogP contribution in [0.4, 0.5) is 0 Å². The maximum absolute atomic E-state index is 12.3. The van der Waals surface area contributed by atoms with Crippen molar-refractivity contribution < 1.29 is 19.4 Å². The molecule has 0 radical (unpaired) electrons. The summed E-state index contributed by atoms with van der Waals surface area (Å²) in [6.07, 6.45) is -1.05. The molecule has 5 nitrogen and oxygen atoms in total. The Morgan fingerprint density at radius 1 is 1.00 bits per heavy atom. The normalized spacial score (nSPS) is 11.5. The first-order chi connectivity index (χ1) is 10.5. The van der Waals surface area contributed by atoms with Crippen LogP contribution in [0.1, 0.15) is 22.0 Å². The molecule has 0 unspecified atom stereocenters. The van der Waals surface area contributed by atoms with E-state index in [9.17, 15) is 14.7 Å². The first kappa shape index (κ1) is 15.6. The molecular weight excluding hydrogens is 282 g/mol. The first-order valence-electron chi connectivity index (χ1n) is 6.76. The van der Waals surface area contributed by atoms with E-state index >= 15 is 0 Å². The van der Waals surface area contributed by atoms with Crippen LogP contribution in [0.2, 0.25) is 0 Å². The minimum atomic E-state index is -1.05. The van der Waals surface area contributed by atoms with E-state index in [1.165, 1.54) is 17.0 Å². The van der Waals surface area contributed by atoms with Crippen LogP contribution in [0.25, 0.3) is 0 Å². The third-order valence-electron chi connectivity index (χ3n) is 3.12. The fourth-order valence-electron chi connectivity index (χ4n) is 1.94. The second-order valence-electron chi connectivity index (χ2n) is 4.95. The first-order valence-corrected chi connectivity index (χ1v) is 6.76. The van der Waals surface area contributed by atoms with E-state index in [-0.39, 0.29) is 17.2 Å². The number of hydrogen-bond donors (Lipinski definition) is 1. The molecule has 0 saturated heterocycles. The van der Waals surface area contributed by atoms with Crippen LogP contribution < -0.4 is 0 Å². The molecule has 2 rings (SSSR count). The summed E-state index contributed by atoms with van der Waals surface area (Å²) in [4.78, 5) is 25.9. The number of rotatable bonds is 4. The molecule has 2 aromatic rings. The maximum atomic E-state index is 12.3. The molecular formula is C17H17NO4. The fourth-order valence-corrected chi connectivity index (χ4v) is 1.94. The number of esters is 1. The zero-order chi connectivity index (χ0) is 16.1. The standard InChI is InChI=1S/C17H17NO4/c1-18(2)16(20)15(12-8-4-3-5-9-12)22-17(21)13-10-6-7-11-14(13)19/h3-11,15,19H,1-2H3/t15-/m1/s1. The summed E-state index contributed by atoms with van der Waals surface area (Å²) >= 11 is 0. The highest BCUT2D eigenvalue weighted by Gasteiger charge is 2.27. The molecule has 0 heterocycles. The van der Waals surface area contributed by atoms with E-state index in [2.05, 4.69) is 0 Å². The number of amides is 1. The van der Waals surface area contributed by atoms with Crippen molar-refractivity contribution in [2.75, 3.05) is 14.1 Å². The van der Waals surface area contributed by atoms with E-state index in [0.717, 1.165) is 0 Å². The molecule has 22 heavy (non-hydrogen) atoms. The Bertz CT molecular complexity index is 667. The predicted octanol–water partition coefficient (Wildman–Crippen LogP) is 2.38. The molecule has 1 N–H and O–H groups in total. The van der Waals surface area contributed by atoms with Gasteiger partial charge in [-0.05, 0) is 12.1 Å². The number of phenolic OH excluding ortho intramolecular Hbond substituents is 1. The second-order valence-corrected chi connectivity index (χ2v) is 4.95. The average molecular weight is 299 g/mol. The van der Waals surface area contributed by atoms with Gasteiger partial charge in [0, 0.05) is 19.7 Å². The number of hydrogen-bond acceptors (Lipinski definition) is 4. The second kappa shape index (κ2) is 6.76. The number of benzene rings is 2. The average Bonchev–Trinajstić information content (AvgIpc) is 2.53. The van der Waals surface area contributed by atoms with Crippen molar-refractivity contribution in [3.63, 3.8) is 0 Å². The topological polar surface area (TPSA) is 66.8 Å². The highest BCUT2D eigenvalue weighted by atomic mass is 16.5. The molecule has 1 atom stereocenters. The molecule has 2 aromatic carbocycles. The Morgan fingerprint density at radius 3 is 2.18 bits per heavy atom. The fraction of sp³-hybridized carbons (Fsp3) is 0.176. The third kappa shape index (κ3) is 3.44. The molecule has 0 fully saturated rings. The molecule has 0 aromatic heterocycles. The van der Waals surface area contributed by atoms with Gasteiger partial charge in [0.1, 0.15) is 11.3 Å². The van der Waals surface area contributed by atoms with Crippen molar-refractivity contribution in [1.29, 1.82) is 0 Å². The predicted molar refractivity (Wildman–Crippen MR) is 81.4 cm³/mol. The van der Waals surface area contributed by atoms with Crippen LogP contribution in [0.15, 0.2) is 54.6 Å². The quantitative estimate of drug-likeness (QED) is 0.880. The van der Waals surface area contributed by atoms with Crippen molar-refractivity contribution in [2.45, 2.75) is 6.10 Å². The van der Waals surface area contributed by atoms with Gasteiger partial charge >= 0.3 is 5.97 Å². The van der Waals surface area contributed by atoms with Gasteiger partial charge in [0.05, 0.1) is 0 Å². The molecule has 5 heteroatoms. The zero-order valence-electron chi connectivity index (χ0n) is 12.4. The van der Waals surface area contributed by atoms with Gasteiger partial charge in [0.25, 0.3) is 5.91 Å². The summed E-state index contributed by atoms with van der Waals surface area (Å²) in [6.45, 7) is 0. The van der Waals surface area contributed by atoms with Gasteiger partial charge in [0.2, 0.25) is 6.10 Å². The zero-order valence-corrected chi connectivity index (χ0v) is 12.4. The molecule has 0 aliphatic carbocycles. The maximum Gasteiger partial charge on any atom is 0.343 e. The number of phenols is 1. The van der Waals surface area contributed by atoms with E-state index in [1.54, 1.807) is 50.5 Å². The van der Waals surface area contributed by atoms with Crippen LogP contribution in [0.3, 0.4) is 0 Å². The molecule has 0 aliphatic rings.